The quantitative estimate of drug-likeness (QED) is 0.826. The van der Waals surface area contributed by atoms with Gasteiger partial charge in [0, 0.05) is 24.1 Å². The summed E-state index contributed by atoms with van der Waals surface area (Å²) in [6, 6.07) is 5.83. The molecule has 2 aromatic rings. The van der Waals surface area contributed by atoms with Gasteiger partial charge in [-0.2, -0.15) is 0 Å². The van der Waals surface area contributed by atoms with Crippen molar-refractivity contribution in [2.45, 2.75) is 44.2 Å². The van der Waals surface area contributed by atoms with Crippen molar-refractivity contribution < 1.29 is 18.7 Å². The van der Waals surface area contributed by atoms with Gasteiger partial charge in [-0.3, -0.25) is 4.79 Å². The molecule has 3 heterocycles. The number of anilines is 1. The molecule has 28 heavy (non-hydrogen) atoms. The smallest absolute Gasteiger partial charge is 0.283 e. The van der Waals surface area contributed by atoms with Crippen LogP contribution in [0.3, 0.4) is 0 Å². The molecule has 1 amide bonds. The molecule has 1 aliphatic carbocycles. The number of aliphatic imine (C=N–C) groups is 1. The Labute approximate surface area is 162 Å². The van der Waals surface area contributed by atoms with Crippen LogP contribution >= 0.6 is 0 Å². The third-order valence-corrected chi connectivity index (χ3v) is 5.90. The van der Waals surface area contributed by atoms with Crippen molar-refractivity contribution in [3.8, 4) is 5.75 Å². The Morgan fingerprint density at radius 2 is 2.18 bits per heavy atom. The highest BCUT2D eigenvalue weighted by atomic mass is 16.5. The Morgan fingerprint density at radius 1 is 1.32 bits per heavy atom. The summed E-state index contributed by atoms with van der Waals surface area (Å²) < 4.78 is 17.0. The molecule has 8 nitrogen and oxygen atoms in total. The number of nitrogens with zero attached hydrogens (tertiary/aromatic N) is 2. The van der Waals surface area contributed by atoms with Crippen LogP contribution in [0.1, 0.15) is 47.6 Å². The van der Waals surface area contributed by atoms with Crippen molar-refractivity contribution in [1.82, 2.24) is 4.98 Å². The van der Waals surface area contributed by atoms with E-state index >= 15 is 0 Å². The standard InChI is InChI=1S/C20H22N4O4/c1-11-22-15(9-26-11)18(25)23-12-6-7-17-14(8-12)20(10-27-19(21)24-20)13-4-2-3-5-16(13)28-17/h6-9,13,16H,2-5,10H2,1H3,(H2,21,24)(H,23,25). The highest BCUT2D eigenvalue weighted by Crippen LogP contribution is 2.52. The van der Waals surface area contributed by atoms with Crippen LogP contribution in [0.5, 0.6) is 5.75 Å². The molecule has 1 aromatic heterocycles. The average molecular weight is 382 g/mol. The van der Waals surface area contributed by atoms with Crippen molar-refractivity contribution in [2.75, 3.05) is 11.9 Å². The van der Waals surface area contributed by atoms with E-state index in [0.29, 0.717) is 18.2 Å². The number of nitrogens with two attached hydrogens (primary N) is 1. The van der Waals surface area contributed by atoms with Gasteiger partial charge in [-0.05, 0) is 37.5 Å². The average Bonchev–Trinajstić information content (AvgIpc) is 3.29. The Kier molecular flexibility index (Phi) is 3.82. The van der Waals surface area contributed by atoms with E-state index in [-0.39, 0.29) is 29.6 Å². The Bertz CT molecular complexity index is 969. The molecule has 1 spiro atoms. The number of amidine groups is 1. The third kappa shape index (κ3) is 2.63. The van der Waals surface area contributed by atoms with E-state index in [1.165, 1.54) is 6.26 Å². The summed E-state index contributed by atoms with van der Waals surface area (Å²) in [6.07, 6.45) is 5.76. The molecule has 1 aromatic carbocycles. The van der Waals surface area contributed by atoms with E-state index in [9.17, 15) is 4.79 Å². The number of carbonyl (C=O) groups is 1. The second-order valence-corrected chi connectivity index (χ2v) is 7.63. The summed E-state index contributed by atoms with van der Waals surface area (Å²) >= 11 is 0. The first-order valence-electron chi connectivity index (χ1n) is 9.58. The Hall–Kier alpha value is -3.03. The monoisotopic (exact) mass is 382 g/mol. The SMILES string of the molecule is Cc1nc(C(=O)Nc2ccc3c(c2)C2(COC(N)=N2)C2CCCCC2O3)co1. The molecule has 1 fully saturated rings. The maximum absolute atomic E-state index is 12.5. The number of oxazole rings is 1. The van der Waals surface area contributed by atoms with Crippen LogP contribution in [-0.4, -0.2) is 29.6 Å². The number of aryl methyl sites for hydroxylation is 1. The third-order valence-electron chi connectivity index (χ3n) is 5.90. The van der Waals surface area contributed by atoms with Crippen molar-refractivity contribution in [2.24, 2.45) is 16.6 Å². The van der Waals surface area contributed by atoms with E-state index in [1.807, 2.05) is 18.2 Å². The minimum Gasteiger partial charge on any atom is -0.490 e. The van der Waals surface area contributed by atoms with Gasteiger partial charge in [-0.25, -0.2) is 9.98 Å². The summed E-state index contributed by atoms with van der Waals surface area (Å²) in [6.45, 7) is 2.09. The zero-order valence-corrected chi connectivity index (χ0v) is 15.6. The summed E-state index contributed by atoms with van der Waals surface area (Å²) in [7, 11) is 0. The molecule has 0 radical (unpaired) electrons. The van der Waals surface area contributed by atoms with E-state index in [1.54, 1.807) is 6.92 Å². The van der Waals surface area contributed by atoms with Crippen LogP contribution in [0, 0.1) is 12.8 Å². The van der Waals surface area contributed by atoms with Crippen molar-refractivity contribution in [3.05, 3.63) is 41.6 Å². The molecule has 5 rings (SSSR count). The summed E-state index contributed by atoms with van der Waals surface area (Å²) in [5.74, 6) is 1.10. The van der Waals surface area contributed by atoms with Crippen molar-refractivity contribution >= 4 is 17.6 Å². The number of fused-ring (bicyclic) bond motifs is 4. The number of amides is 1. The van der Waals surface area contributed by atoms with E-state index in [0.717, 1.165) is 37.0 Å². The lowest BCUT2D eigenvalue weighted by Gasteiger charge is -2.46. The summed E-state index contributed by atoms with van der Waals surface area (Å²) in [4.78, 5) is 21.3. The second-order valence-electron chi connectivity index (χ2n) is 7.63. The van der Waals surface area contributed by atoms with Crippen LogP contribution < -0.4 is 15.8 Å². The highest BCUT2D eigenvalue weighted by molar-refractivity contribution is 6.02. The van der Waals surface area contributed by atoms with Gasteiger partial charge in [0.15, 0.2) is 11.6 Å². The lowest BCUT2D eigenvalue weighted by atomic mass is 9.68. The summed E-state index contributed by atoms with van der Waals surface area (Å²) in [5, 5.41) is 2.87. The number of hydrogen-bond acceptors (Lipinski definition) is 7. The number of benzene rings is 1. The van der Waals surface area contributed by atoms with Gasteiger partial charge in [0.1, 0.15) is 30.3 Å². The first-order chi connectivity index (χ1) is 13.5. The fourth-order valence-corrected chi connectivity index (χ4v) is 4.63. The summed E-state index contributed by atoms with van der Waals surface area (Å²) in [5.41, 5.74) is 7.14. The molecule has 2 aliphatic heterocycles. The fourth-order valence-electron chi connectivity index (χ4n) is 4.63. The van der Waals surface area contributed by atoms with Gasteiger partial charge in [0.2, 0.25) is 0 Å². The Balaban J connectivity index is 1.52. The lowest BCUT2D eigenvalue weighted by Crippen LogP contribution is -2.49. The van der Waals surface area contributed by atoms with E-state index < -0.39 is 5.54 Å². The molecule has 146 valence electrons. The van der Waals surface area contributed by atoms with Crippen LogP contribution in [0.4, 0.5) is 5.69 Å². The molecule has 8 heteroatoms. The van der Waals surface area contributed by atoms with Crippen LogP contribution in [0.25, 0.3) is 0 Å². The molecular formula is C20H22N4O4. The normalized spacial score (nSPS) is 28.0. The van der Waals surface area contributed by atoms with Gasteiger partial charge in [0.05, 0.1) is 0 Å². The van der Waals surface area contributed by atoms with Gasteiger partial charge >= 0.3 is 0 Å². The van der Waals surface area contributed by atoms with E-state index in [2.05, 4.69) is 10.3 Å². The maximum Gasteiger partial charge on any atom is 0.283 e. The van der Waals surface area contributed by atoms with Gasteiger partial charge in [0.25, 0.3) is 11.9 Å². The lowest BCUT2D eigenvalue weighted by molar-refractivity contribution is 0.00746. The number of carbonyl (C=O) groups excluding carboxylic acids is 1. The van der Waals surface area contributed by atoms with Crippen molar-refractivity contribution in [3.63, 3.8) is 0 Å². The second kappa shape index (κ2) is 6.25. The zero-order valence-electron chi connectivity index (χ0n) is 15.6. The molecule has 3 unspecified atom stereocenters. The topological polar surface area (TPSA) is 112 Å². The first-order valence-corrected chi connectivity index (χ1v) is 9.58. The highest BCUT2D eigenvalue weighted by Gasteiger charge is 2.54. The predicted molar refractivity (Wildman–Crippen MR) is 101 cm³/mol. The maximum atomic E-state index is 12.5. The van der Waals surface area contributed by atoms with Crippen LogP contribution in [0.2, 0.25) is 0 Å². The largest absolute Gasteiger partial charge is 0.490 e. The number of hydrogen-bond donors (Lipinski definition) is 2. The van der Waals surface area contributed by atoms with Gasteiger partial charge < -0.3 is 24.9 Å². The minimum absolute atomic E-state index is 0.109. The number of ether oxygens (including phenoxy) is 2. The zero-order chi connectivity index (χ0) is 19.3. The molecule has 3 atom stereocenters. The predicted octanol–water partition coefficient (Wildman–Crippen LogP) is 2.73. The first kappa shape index (κ1) is 17.1. The van der Waals surface area contributed by atoms with Crippen molar-refractivity contribution in [1.29, 1.82) is 0 Å². The molecule has 3 aliphatic rings. The molecule has 0 bridgehead atoms. The number of rotatable bonds is 2. The van der Waals surface area contributed by atoms with Crippen LogP contribution in [-0.2, 0) is 10.3 Å². The van der Waals surface area contributed by atoms with E-state index in [4.69, 9.17) is 24.6 Å². The van der Waals surface area contributed by atoms with Gasteiger partial charge in [-0.1, -0.05) is 6.42 Å². The molecule has 0 saturated heterocycles. The fraction of sp³-hybridized carbons (Fsp3) is 0.450. The minimum atomic E-state index is -0.562. The molecule has 1 saturated carbocycles. The number of aromatic nitrogens is 1. The van der Waals surface area contributed by atoms with Crippen LogP contribution in [0.15, 0.2) is 33.9 Å². The Morgan fingerprint density at radius 3 is 2.93 bits per heavy atom. The van der Waals surface area contributed by atoms with Gasteiger partial charge in [-0.15, -0.1) is 0 Å². The molecular weight excluding hydrogens is 360 g/mol. The molecule has 3 N–H and O–H groups in total. The number of nitrogens with one attached hydrogen (secondary N) is 1.